The first kappa shape index (κ1) is 8.09. The molecule has 0 aliphatic carbocycles. The highest BCUT2D eigenvalue weighted by molar-refractivity contribution is 5.74. The van der Waals surface area contributed by atoms with E-state index in [0.29, 0.717) is 6.02 Å². The lowest BCUT2D eigenvalue weighted by Crippen LogP contribution is -2.47. The van der Waals surface area contributed by atoms with Crippen molar-refractivity contribution in [2.45, 2.75) is 6.35 Å². The van der Waals surface area contributed by atoms with Gasteiger partial charge < -0.3 is 9.47 Å². The van der Waals surface area contributed by atoms with Crippen LogP contribution >= 0.6 is 0 Å². The van der Waals surface area contributed by atoms with Gasteiger partial charge in [0.05, 0.1) is 7.11 Å². The summed E-state index contributed by atoms with van der Waals surface area (Å²) in [4.78, 5) is 0. The molecule has 2 N–H and O–H groups in total. The van der Waals surface area contributed by atoms with Crippen molar-refractivity contribution in [3.05, 3.63) is 0 Å². The molecule has 0 saturated carbocycles. The first-order valence-corrected chi connectivity index (χ1v) is 3.13. The van der Waals surface area contributed by atoms with E-state index in [1.807, 2.05) is 0 Å². The number of hydrogen-bond acceptors (Lipinski definition) is 6. The smallest absolute Gasteiger partial charge is 0.327 e. The summed E-state index contributed by atoms with van der Waals surface area (Å²) in [5.74, 6) is 5.55. The Morgan fingerprint density at radius 1 is 1.55 bits per heavy atom. The van der Waals surface area contributed by atoms with E-state index in [9.17, 15) is 0 Å². The molecule has 0 bridgehead atoms. The lowest BCUT2D eigenvalue weighted by atomic mass is 10.8. The van der Waals surface area contributed by atoms with E-state index in [2.05, 4.69) is 5.10 Å². The number of nitrogens with zero attached hydrogens (tertiary/aromatic N) is 3. The van der Waals surface area contributed by atoms with Crippen LogP contribution in [0.5, 0.6) is 0 Å². The number of rotatable bonds is 1. The van der Waals surface area contributed by atoms with Gasteiger partial charge in [0, 0.05) is 14.2 Å². The van der Waals surface area contributed by atoms with Gasteiger partial charge in [-0.1, -0.05) is 0 Å². The molecular formula is C5H12N4O2. The van der Waals surface area contributed by atoms with Crippen LogP contribution in [0.15, 0.2) is 5.10 Å². The SMILES string of the molecule is COC1=NN(C)C(OC)N1N. The number of methoxy groups -OCH3 is 2. The van der Waals surface area contributed by atoms with E-state index in [4.69, 9.17) is 15.3 Å². The van der Waals surface area contributed by atoms with Gasteiger partial charge in [0.1, 0.15) is 0 Å². The number of ether oxygens (including phenoxy) is 2. The molecule has 1 unspecified atom stereocenters. The Morgan fingerprint density at radius 3 is 2.45 bits per heavy atom. The van der Waals surface area contributed by atoms with Crippen LogP contribution in [0.2, 0.25) is 0 Å². The molecule has 6 heteroatoms. The van der Waals surface area contributed by atoms with Crippen LogP contribution < -0.4 is 5.84 Å². The Kier molecular flexibility index (Phi) is 2.16. The van der Waals surface area contributed by atoms with Gasteiger partial charge in [-0.05, 0) is 0 Å². The summed E-state index contributed by atoms with van der Waals surface area (Å²) < 4.78 is 9.86. The fourth-order valence-electron chi connectivity index (χ4n) is 0.923. The molecule has 0 saturated heterocycles. The normalized spacial score (nSPS) is 24.0. The molecule has 1 atom stereocenters. The topological polar surface area (TPSA) is 63.3 Å². The summed E-state index contributed by atoms with van der Waals surface area (Å²) in [6.45, 7) is 0. The zero-order valence-corrected chi connectivity index (χ0v) is 6.81. The van der Waals surface area contributed by atoms with E-state index >= 15 is 0 Å². The number of amidine groups is 1. The zero-order valence-electron chi connectivity index (χ0n) is 6.81. The second-order valence-corrected chi connectivity index (χ2v) is 2.13. The van der Waals surface area contributed by atoms with Crippen LogP contribution in [0.1, 0.15) is 0 Å². The largest absolute Gasteiger partial charge is 0.466 e. The highest BCUT2D eigenvalue weighted by atomic mass is 16.5. The summed E-state index contributed by atoms with van der Waals surface area (Å²) in [5.41, 5.74) is 0. The molecule has 1 heterocycles. The summed E-state index contributed by atoms with van der Waals surface area (Å²) in [5, 5.41) is 6.82. The van der Waals surface area contributed by atoms with Crippen LogP contribution in [-0.2, 0) is 9.47 Å². The summed E-state index contributed by atoms with van der Waals surface area (Å²) in [6, 6.07) is 0.347. The van der Waals surface area contributed by atoms with Crippen molar-refractivity contribution in [1.29, 1.82) is 0 Å². The van der Waals surface area contributed by atoms with Crippen molar-refractivity contribution in [2.75, 3.05) is 21.3 Å². The molecule has 0 aromatic carbocycles. The minimum atomic E-state index is -0.370. The maximum atomic E-state index is 5.55. The average Bonchev–Trinajstić information content (AvgIpc) is 2.26. The van der Waals surface area contributed by atoms with Crippen molar-refractivity contribution in [3.63, 3.8) is 0 Å². The Labute approximate surface area is 65.1 Å². The first-order valence-electron chi connectivity index (χ1n) is 3.13. The number of nitrogens with two attached hydrogens (primary N) is 1. The van der Waals surface area contributed by atoms with Gasteiger partial charge in [0.2, 0.25) is 6.35 Å². The Bertz CT molecular complexity index is 172. The van der Waals surface area contributed by atoms with Crippen LogP contribution in [0, 0.1) is 0 Å². The molecule has 0 amide bonds. The highest BCUT2D eigenvalue weighted by Gasteiger charge is 2.30. The van der Waals surface area contributed by atoms with Gasteiger partial charge >= 0.3 is 6.02 Å². The lowest BCUT2D eigenvalue weighted by molar-refractivity contribution is -0.0814. The predicted molar refractivity (Wildman–Crippen MR) is 39.0 cm³/mol. The lowest BCUT2D eigenvalue weighted by Gasteiger charge is -2.22. The zero-order chi connectivity index (χ0) is 8.43. The fourth-order valence-corrected chi connectivity index (χ4v) is 0.923. The van der Waals surface area contributed by atoms with Crippen molar-refractivity contribution >= 4 is 6.02 Å². The van der Waals surface area contributed by atoms with Crippen LogP contribution in [0.25, 0.3) is 0 Å². The van der Waals surface area contributed by atoms with Crippen molar-refractivity contribution in [1.82, 2.24) is 10.0 Å². The predicted octanol–water partition coefficient (Wildman–Crippen LogP) is -1.05. The van der Waals surface area contributed by atoms with E-state index in [1.165, 1.54) is 12.1 Å². The highest BCUT2D eigenvalue weighted by Crippen LogP contribution is 2.10. The molecule has 6 nitrogen and oxygen atoms in total. The minimum absolute atomic E-state index is 0.347. The molecule has 0 radical (unpaired) electrons. The molecule has 0 spiro atoms. The molecule has 0 aromatic rings. The van der Waals surface area contributed by atoms with E-state index in [-0.39, 0.29) is 6.35 Å². The van der Waals surface area contributed by atoms with Crippen molar-refractivity contribution in [3.8, 4) is 0 Å². The van der Waals surface area contributed by atoms with Gasteiger partial charge in [-0.2, -0.15) is 0 Å². The van der Waals surface area contributed by atoms with Gasteiger partial charge in [0.25, 0.3) is 0 Å². The van der Waals surface area contributed by atoms with Gasteiger partial charge in [0.15, 0.2) is 0 Å². The molecule has 0 fully saturated rings. The molecular weight excluding hydrogens is 148 g/mol. The van der Waals surface area contributed by atoms with Crippen molar-refractivity contribution in [2.24, 2.45) is 10.9 Å². The van der Waals surface area contributed by atoms with E-state index < -0.39 is 0 Å². The molecule has 1 aliphatic rings. The van der Waals surface area contributed by atoms with E-state index in [1.54, 1.807) is 19.2 Å². The Balaban J connectivity index is 2.67. The maximum absolute atomic E-state index is 5.55. The third-order valence-corrected chi connectivity index (χ3v) is 1.42. The Hall–Kier alpha value is -1.01. The van der Waals surface area contributed by atoms with Gasteiger partial charge in [-0.3, -0.25) is 0 Å². The maximum Gasteiger partial charge on any atom is 0.327 e. The van der Waals surface area contributed by atoms with Crippen molar-refractivity contribution < 1.29 is 9.47 Å². The van der Waals surface area contributed by atoms with Gasteiger partial charge in [-0.25, -0.2) is 15.9 Å². The second kappa shape index (κ2) is 2.93. The molecule has 1 rings (SSSR count). The van der Waals surface area contributed by atoms with E-state index in [0.717, 1.165) is 0 Å². The quantitative estimate of drug-likeness (QED) is 0.496. The van der Waals surface area contributed by atoms with Crippen LogP contribution in [0.3, 0.4) is 0 Å². The third-order valence-electron chi connectivity index (χ3n) is 1.42. The van der Waals surface area contributed by atoms with Crippen LogP contribution in [-0.4, -0.2) is 43.7 Å². The third kappa shape index (κ3) is 1.22. The first-order chi connectivity index (χ1) is 5.20. The number of hydrazine groups is 1. The average molecular weight is 160 g/mol. The minimum Gasteiger partial charge on any atom is -0.466 e. The number of hydrogen-bond donors (Lipinski definition) is 1. The second-order valence-electron chi connectivity index (χ2n) is 2.13. The van der Waals surface area contributed by atoms with Gasteiger partial charge in [-0.15, -0.1) is 5.10 Å². The molecule has 11 heavy (non-hydrogen) atoms. The summed E-state index contributed by atoms with van der Waals surface area (Å²) in [7, 11) is 4.81. The molecule has 1 aliphatic heterocycles. The monoisotopic (exact) mass is 160 g/mol. The molecule has 0 aromatic heterocycles. The Morgan fingerprint density at radius 2 is 2.18 bits per heavy atom. The summed E-state index contributed by atoms with van der Waals surface area (Å²) in [6.07, 6.45) is -0.370. The van der Waals surface area contributed by atoms with Crippen LogP contribution in [0.4, 0.5) is 0 Å². The molecule has 64 valence electrons. The summed E-state index contributed by atoms with van der Waals surface area (Å²) >= 11 is 0. The number of hydrazone groups is 1. The fraction of sp³-hybridized carbons (Fsp3) is 0.800. The standard InChI is InChI=1S/C5H12N4O2/c1-8-5(11-3)9(6)4(7-8)10-2/h5H,6H2,1-3H3.